The molecule has 0 bridgehead atoms. The topological polar surface area (TPSA) is 164 Å². The molecule has 0 unspecified atom stereocenters. The number of benzene rings is 1. The van der Waals surface area contributed by atoms with Crippen LogP contribution in [0, 0.1) is 11.7 Å². The maximum atomic E-state index is 14.4. The van der Waals surface area contributed by atoms with Crippen molar-refractivity contribution in [3.8, 4) is 5.88 Å². The molecule has 6 rings (SSSR count). The van der Waals surface area contributed by atoms with Crippen molar-refractivity contribution in [1.29, 1.82) is 0 Å². The molecule has 1 aromatic carbocycles. The Balaban J connectivity index is 1.29. The lowest BCUT2D eigenvalue weighted by Crippen LogP contribution is -2.56. The van der Waals surface area contributed by atoms with Crippen LogP contribution in [0.1, 0.15) is 78.6 Å². The number of alkyl carbamates (subject to hydrolysis) is 1. The summed E-state index contributed by atoms with van der Waals surface area (Å²) >= 11 is 0. The van der Waals surface area contributed by atoms with E-state index in [1.54, 1.807) is 39.0 Å². The molecule has 0 radical (unpaired) electrons. The van der Waals surface area contributed by atoms with Crippen LogP contribution in [0.4, 0.5) is 26.6 Å². The molecule has 14 nitrogen and oxygen atoms in total. The van der Waals surface area contributed by atoms with Crippen molar-refractivity contribution in [3.05, 3.63) is 48.3 Å². The average molecular weight is 736 g/mol. The van der Waals surface area contributed by atoms with E-state index in [9.17, 15) is 23.6 Å². The zero-order chi connectivity index (χ0) is 37.8. The smallest absolute Gasteiger partial charge is 0.408 e. The Labute approximate surface area is 309 Å². The van der Waals surface area contributed by atoms with E-state index < -0.39 is 53.2 Å². The number of carbonyl (C=O) groups excluding carboxylic acids is 4. The Morgan fingerprint density at radius 3 is 2.51 bits per heavy atom. The molecule has 4 heterocycles. The van der Waals surface area contributed by atoms with Crippen LogP contribution < -0.4 is 25.6 Å². The van der Waals surface area contributed by atoms with Gasteiger partial charge in [-0.1, -0.05) is 25.0 Å². The first-order chi connectivity index (χ1) is 25.3. The number of esters is 1. The molecule has 15 heteroatoms. The molecule has 286 valence electrons. The molecule has 1 aliphatic carbocycles. The number of nitrogens with one attached hydrogen (secondary N) is 3. The third kappa shape index (κ3) is 9.35. The second-order valence-corrected chi connectivity index (χ2v) is 15.2. The number of aromatic nitrogens is 2. The van der Waals surface area contributed by atoms with Crippen LogP contribution in [0.25, 0.3) is 0 Å². The van der Waals surface area contributed by atoms with Crippen LogP contribution in [0.15, 0.2) is 42.5 Å². The molecule has 2 saturated heterocycles. The van der Waals surface area contributed by atoms with E-state index in [4.69, 9.17) is 19.2 Å². The molecule has 3 aliphatic heterocycles. The van der Waals surface area contributed by atoms with Gasteiger partial charge in [-0.3, -0.25) is 9.59 Å². The van der Waals surface area contributed by atoms with Gasteiger partial charge >= 0.3 is 12.1 Å². The number of carbonyl (C=O) groups is 4. The predicted molar refractivity (Wildman–Crippen MR) is 194 cm³/mol. The van der Waals surface area contributed by atoms with Gasteiger partial charge in [0.1, 0.15) is 41.0 Å². The van der Waals surface area contributed by atoms with E-state index in [0.717, 1.165) is 45.2 Å². The van der Waals surface area contributed by atoms with Gasteiger partial charge in [-0.15, -0.1) is 0 Å². The molecule has 3 fully saturated rings. The van der Waals surface area contributed by atoms with Crippen molar-refractivity contribution in [2.45, 2.75) is 108 Å². The lowest BCUT2D eigenvalue weighted by atomic mass is 10.0. The number of hydrogen-bond acceptors (Lipinski definition) is 11. The quantitative estimate of drug-likeness (QED) is 0.265. The number of fused-ring (bicyclic) bond motifs is 2. The monoisotopic (exact) mass is 735 g/mol. The maximum Gasteiger partial charge on any atom is 0.408 e. The predicted octanol–water partition coefficient (Wildman–Crippen LogP) is 4.77. The number of rotatable bonds is 7. The first-order valence-corrected chi connectivity index (χ1v) is 18.5. The molecule has 4 aliphatic rings. The van der Waals surface area contributed by atoms with Crippen molar-refractivity contribution in [2.75, 3.05) is 37.0 Å². The zero-order valence-electron chi connectivity index (χ0n) is 30.9. The van der Waals surface area contributed by atoms with Crippen LogP contribution in [-0.2, 0) is 23.9 Å². The highest BCUT2D eigenvalue weighted by Crippen LogP contribution is 2.46. The molecule has 0 spiro atoms. The lowest BCUT2D eigenvalue weighted by Gasteiger charge is -2.30. The van der Waals surface area contributed by atoms with Crippen molar-refractivity contribution in [3.63, 3.8) is 0 Å². The third-order valence-corrected chi connectivity index (χ3v) is 9.99. The molecule has 1 saturated carbocycles. The highest BCUT2D eigenvalue weighted by molar-refractivity contribution is 5.96. The summed E-state index contributed by atoms with van der Waals surface area (Å²) in [5.41, 5.74) is -1.43. The summed E-state index contributed by atoms with van der Waals surface area (Å²) in [6, 6.07) is 5.58. The summed E-state index contributed by atoms with van der Waals surface area (Å²) < 4.78 is 30.7. The lowest BCUT2D eigenvalue weighted by molar-refractivity contribution is -0.148. The van der Waals surface area contributed by atoms with Gasteiger partial charge in [0.2, 0.25) is 23.6 Å². The standard InChI is InChI=1S/C38H50FN7O7/c1-37(2,3)53-36(50)41-28-13-9-7-5-6-8-12-24-22-38(24,34(49)51-4)44-32(47)29-20-27(23-46(29)33(28)48)52-31-21-30(45-18-10-11-19-45)42-35(43-31)40-26-16-14-25(39)15-17-26/h8,12,14-17,21,24,27-29H,5-7,9-11,13,18-20,22-23H2,1-4H3,(H,41,50)(H,44,47)(H,40,42,43)/b12-8-/t24-,27+,28-,29-,38+/m0/s1. The van der Waals surface area contributed by atoms with Crippen LogP contribution in [0.5, 0.6) is 5.88 Å². The van der Waals surface area contributed by atoms with Crippen molar-refractivity contribution < 1.29 is 37.8 Å². The van der Waals surface area contributed by atoms with E-state index in [2.05, 4.69) is 25.8 Å². The van der Waals surface area contributed by atoms with Crippen molar-refractivity contribution >= 4 is 41.3 Å². The minimum absolute atomic E-state index is 0.0156. The summed E-state index contributed by atoms with van der Waals surface area (Å²) in [7, 11) is 1.29. The number of anilines is 3. The molecular weight excluding hydrogens is 685 g/mol. The van der Waals surface area contributed by atoms with Gasteiger partial charge in [-0.05, 0) is 83.6 Å². The van der Waals surface area contributed by atoms with Crippen molar-refractivity contribution in [1.82, 2.24) is 25.5 Å². The zero-order valence-corrected chi connectivity index (χ0v) is 30.9. The summed E-state index contributed by atoms with van der Waals surface area (Å²) in [6.45, 7) is 6.86. The van der Waals surface area contributed by atoms with Crippen LogP contribution in [0.3, 0.4) is 0 Å². The molecule has 3 amide bonds. The van der Waals surface area contributed by atoms with E-state index >= 15 is 0 Å². The van der Waals surface area contributed by atoms with Crippen LogP contribution in [0.2, 0.25) is 0 Å². The van der Waals surface area contributed by atoms with E-state index in [1.807, 2.05) is 12.2 Å². The number of allylic oxidation sites excluding steroid dienone is 1. The second kappa shape index (κ2) is 16.0. The normalized spacial score (nSPS) is 27.0. The third-order valence-electron chi connectivity index (χ3n) is 9.99. The molecule has 1 aromatic heterocycles. The number of hydrogen-bond donors (Lipinski definition) is 3. The van der Waals surface area contributed by atoms with Gasteiger partial charge in [-0.2, -0.15) is 9.97 Å². The molecular formula is C38H50FN7O7. The van der Waals surface area contributed by atoms with E-state index in [1.165, 1.54) is 24.1 Å². The fourth-order valence-corrected chi connectivity index (χ4v) is 7.24. The molecule has 3 N–H and O–H groups in total. The van der Waals surface area contributed by atoms with Crippen LogP contribution >= 0.6 is 0 Å². The number of amides is 3. The Bertz CT molecular complexity index is 1690. The van der Waals surface area contributed by atoms with Gasteiger partial charge < -0.3 is 40.0 Å². The highest BCUT2D eigenvalue weighted by Gasteiger charge is 2.62. The Hall–Kier alpha value is -4.95. The van der Waals surface area contributed by atoms with Gasteiger partial charge in [0.25, 0.3) is 0 Å². The number of halogens is 1. The first-order valence-electron chi connectivity index (χ1n) is 18.5. The van der Waals surface area contributed by atoms with Gasteiger partial charge in [-0.25, -0.2) is 14.0 Å². The van der Waals surface area contributed by atoms with Gasteiger partial charge in [0.15, 0.2) is 0 Å². The largest absolute Gasteiger partial charge is 0.472 e. The Morgan fingerprint density at radius 1 is 1.04 bits per heavy atom. The molecule has 5 atom stereocenters. The Morgan fingerprint density at radius 2 is 1.79 bits per heavy atom. The SMILES string of the molecule is COC(=O)[C@@]12C[C@@H]1/C=C\CCCCC[C@H](NC(=O)OC(C)(C)C)C(=O)N1C[C@H](Oc3cc(N4CCCC4)nc(Nc4ccc(F)cc4)n3)C[C@H]1C(=O)N2. The Kier molecular flexibility index (Phi) is 11.4. The summed E-state index contributed by atoms with van der Waals surface area (Å²) in [5, 5.41) is 8.83. The summed E-state index contributed by atoms with van der Waals surface area (Å²) in [4.78, 5) is 67.5. The molecule has 53 heavy (non-hydrogen) atoms. The van der Waals surface area contributed by atoms with Gasteiger partial charge in [0, 0.05) is 37.2 Å². The molecule has 2 aromatic rings. The van der Waals surface area contributed by atoms with E-state index in [0.29, 0.717) is 30.8 Å². The van der Waals surface area contributed by atoms with E-state index in [-0.39, 0.29) is 36.5 Å². The average Bonchev–Trinajstić information content (AvgIpc) is 3.41. The summed E-state index contributed by atoms with van der Waals surface area (Å²) in [6.07, 6.45) is 8.51. The van der Waals surface area contributed by atoms with Crippen molar-refractivity contribution in [2.24, 2.45) is 5.92 Å². The number of nitrogens with zero attached hydrogens (tertiary/aromatic N) is 4. The summed E-state index contributed by atoms with van der Waals surface area (Å²) in [5.74, 6) is -1.00. The second-order valence-electron chi connectivity index (χ2n) is 15.2. The van der Waals surface area contributed by atoms with Crippen LogP contribution in [-0.4, -0.2) is 94.8 Å². The number of methoxy groups -OCH3 is 1. The van der Waals surface area contributed by atoms with Gasteiger partial charge in [0.05, 0.1) is 13.7 Å². The minimum atomic E-state index is -1.23. The maximum absolute atomic E-state index is 14.4. The fourth-order valence-electron chi connectivity index (χ4n) is 7.24. The highest BCUT2D eigenvalue weighted by atomic mass is 19.1. The number of ether oxygens (including phenoxy) is 3. The fraction of sp³-hybridized carbons (Fsp3) is 0.579. The minimum Gasteiger partial charge on any atom is -0.472 e. The first kappa shape index (κ1) is 37.8.